The lowest BCUT2D eigenvalue weighted by Crippen LogP contribution is -2.21. The molecule has 0 radical (unpaired) electrons. The number of amides is 1. The molecule has 1 N–H and O–H groups in total. The molecule has 0 aliphatic heterocycles. The standard InChI is InChI=1S/C19H23NO4/c1-11(2)15-6-8-16(9-7-15)20-17(21)10-23-19(22)18-12(3)13(4)24-14(18)5/h6-9,11H,10H2,1-5H3,(H,20,21). The quantitative estimate of drug-likeness (QED) is 0.838. The average Bonchev–Trinajstić information content (AvgIpc) is 2.78. The molecule has 128 valence electrons. The summed E-state index contributed by atoms with van der Waals surface area (Å²) in [6.45, 7) is 9.15. The maximum Gasteiger partial charge on any atom is 0.342 e. The van der Waals surface area contributed by atoms with E-state index < -0.39 is 5.97 Å². The second-order valence-corrected chi connectivity index (χ2v) is 6.12. The molecule has 0 saturated carbocycles. The van der Waals surface area contributed by atoms with Gasteiger partial charge in [-0.25, -0.2) is 4.79 Å². The van der Waals surface area contributed by atoms with E-state index >= 15 is 0 Å². The van der Waals surface area contributed by atoms with E-state index in [2.05, 4.69) is 19.2 Å². The Bertz CT molecular complexity index is 741. The van der Waals surface area contributed by atoms with E-state index in [1.807, 2.05) is 24.3 Å². The second-order valence-electron chi connectivity index (χ2n) is 6.12. The topological polar surface area (TPSA) is 68.5 Å². The summed E-state index contributed by atoms with van der Waals surface area (Å²) in [5.41, 5.74) is 3.00. The second kappa shape index (κ2) is 7.34. The first kappa shape index (κ1) is 17.8. The van der Waals surface area contributed by atoms with Crippen molar-refractivity contribution in [2.45, 2.75) is 40.5 Å². The van der Waals surface area contributed by atoms with Gasteiger partial charge in [-0.2, -0.15) is 0 Å². The molecule has 0 fully saturated rings. The van der Waals surface area contributed by atoms with Crippen LogP contribution in [0.15, 0.2) is 28.7 Å². The van der Waals surface area contributed by atoms with Crippen LogP contribution in [0.1, 0.15) is 52.8 Å². The predicted octanol–water partition coefficient (Wildman–Crippen LogP) is 4.12. The van der Waals surface area contributed by atoms with Crippen LogP contribution < -0.4 is 5.32 Å². The number of carbonyl (C=O) groups is 2. The third-order valence-electron chi connectivity index (χ3n) is 3.96. The third kappa shape index (κ3) is 4.04. The lowest BCUT2D eigenvalue weighted by molar-refractivity contribution is -0.119. The summed E-state index contributed by atoms with van der Waals surface area (Å²) in [4.78, 5) is 24.0. The van der Waals surface area contributed by atoms with Gasteiger partial charge in [0.1, 0.15) is 17.1 Å². The average molecular weight is 329 g/mol. The zero-order chi connectivity index (χ0) is 17.9. The van der Waals surface area contributed by atoms with Crippen molar-refractivity contribution in [3.8, 4) is 0 Å². The number of nitrogens with one attached hydrogen (secondary N) is 1. The molecule has 5 heteroatoms. The van der Waals surface area contributed by atoms with E-state index in [4.69, 9.17) is 9.15 Å². The third-order valence-corrected chi connectivity index (χ3v) is 3.96. The fourth-order valence-electron chi connectivity index (χ4n) is 2.45. The number of rotatable bonds is 5. The van der Waals surface area contributed by atoms with Crippen molar-refractivity contribution in [3.05, 3.63) is 52.5 Å². The molecule has 5 nitrogen and oxygen atoms in total. The van der Waals surface area contributed by atoms with Crippen molar-refractivity contribution >= 4 is 17.6 Å². The summed E-state index contributed by atoms with van der Waals surface area (Å²) in [6, 6.07) is 7.60. The number of carbonyl (C=O) groups excluding carboxylic acids is 2. The van der Waals surface area contributed by atoms with Crippen LogP contribution in [0.4, 0.5) is 5.69 Å². The Morgan fingerprint density at radius 3 is 2.21 bits per heavy atom. The van der Waals surface area contributed by atoms with Crippen LogP contribution in [0, 0.1) is 20.8 Å². The maximum absolute atomic E-state index is 12.1. The molecule has 1 amide bonds. The molecular formula is C19H23NO4. The summed E-state index contributed by atoms with van der Waals surface area (Å²) in [7, 11) is 0. The van der Waals surface area contributed by atoms with Crippen molar-refractivity contribution in [3.63, 3.8) is 0 Å². The SMILES string of the molecule is Cc1oc(C)c(C(=O)OCC(=O)Nc2ccc(C(C)C)cc2)c1C. The van der Waals surface area contributed by atoms with Crippen molar-refractivity contribution in [1.29, 1.82) is 0 Å². The number of aryl methyl sites for hydroxylation is 2. The summed E-state index contributed by atoms with van der Waals surface area (Å²) >= 11 is 0. The smallest absolute Gasteiger partial charge is 0.342 e. The van der Waals surface area contributed by atoms with Crippen molar-refractivity contribution < 1.29 is 18.7 Å². The number of furan rings is 1. The fourth-order valence-corrected chi connectivity index (χ4v) is 2.45. The number of anilines is 1. The highest BCUT2D eigenvalue weighted by molar-refractivity contribution is 5.96. The Balaban J connectivity index is 1.92. The Kier molecular flexibility index (Phi) is 5.44. The van der Waals surface area contributed by atoms with Gasteiger partial charge in [0.25, 0.3) is 5.91 Å². The van der Waals surface area contributed by atoms with Gasteiger partial charge in [0.05, 0.1) is 0 Å². The zero-order valence-electron chi connectivity index (χ0n) is 14.7. The fraction of sp³-hybridized carbons (Fsp3) is 0.368. The number of esters is 1. The molecule has 0 aliphatic rings. The minimum atomic E-state index is -0.549. The maximum atomic E-state index is 12.1. The summed E-state index contributed by atoms with van der Waals surface area (Å²) in [6.07, 6.45) is 0. The van der Waals surface area contributed by atoms with Gasteiger partial charge in [-0.05, 0) is 44.4 Å². The summed E-state index contributed by atoms with van der Waals surface area (Å²) in [5.74, 6) is 0.678. The molecule has 2 aromatic rings. The van der Waals surface area contributed by atoms with Crippen molar-refractivity contribution in [2.24, 2.45) is 0 Å². The first-order chi connectivity index (χ1) is 11.3. The first-order valence-corrected chi connectivity index (χ1v) is 7.93. The van der Waals surface area contributed by atoms with Crippen LogP contribution in [0.2, 0.25) is 0 Å². The van der Waals surface area contributed by atoms with Crippen LogP contribution in [-0.2, 0) is 9.53 Å². The van der Waals surface area contributed by atoms with E-state index in [0.717, 1.165) is 5.56 Å². The van der Waals surface area contributed by atoms with Gasteiger partial charge in [0.2, 0.25) is 0 Å². The van der Waals surface area contributed by atoms with Crippen LogP contribution in [-0.4, -0.2) is 18.5 Å². The van der Waals surface area contributed by atoms with Crippen molar-refractivity contribution in [1.82, 2.24) is 0 Å². The minimum Gasteiger partial charge on any atom is -0.465 e. The van der Waals surface area contributed by atoms with Gasteiger partial charge in [-0.1, -0.05) is 26.0 Å². The monoisotopic (exact) mass is 329 g/mol. The Hall–Kier alpha value is -2.56. The molecule has 0 aliphatic carbocycles. The number of benzene rings is 1. The molecular weight excluding hydrogens is 306 g/mol. The van der Waals surface area contributed by atoms with Gasteiger partial charge in [0, 0.05) is 11.3 Å². The molecule has 0 unspecified atom stereocenters. The van der Waals surface area contributed by atoms with Gasteiger partial charge in [-0.3, -0.25) is 4.79 Å². The number of hydrogen-bond acceptors (Lipinski definition) is 4. The highest BCUT2D eigenvalue weighted by Gasteiger charge is 2.20. The van der Waals surface area contributed by atoms with E-state index in [1.165, 1.54) is 5.56 Å². The molecule has 1 aromatic heterocycles. The molecule has 0 atom stereocenters. The van der Waals surface area contributed by atoms with Crippen LogP contribution in [0.3, 0.4) is 0 Å². The summed E-state index contributed by atoms with van der Waals surface area (Å²) in [5, 5.41) is 2.71. The van der Waals surface area contributed by atoms with E-state index in [0.29, 0.717) is 28.7 Å². The normalized spacial score (nSPS) is 10.8. The van der Waals surface area contributed by atoms with Gasteiger partial charge in [0.15, 0.2) is 6.61 Å². The molecule has 24 heavy (non-hydrogen) atoms. The van der Waals surface area contributed by atoms with Gasteiger partial charge >= 0.3 is 5.97 Å². The zero-order valence-corrected chi connectivity index (χ0v) is 14.7. The highest BCUT2D eigenvalue weighted by Crippen LogP contribution is 2.21. The molecule has 2 rings (SSSR count). The molecule has 1 aromatic carbocycles. The van der Waals surface area contributed by atoms with Gasteiger partial charge < -0.3 is 14.5 Å². The van der Waals surface area contributed by atoms with Gasteiger partial charge in [-0.15, -0.1) is 0 Å². The van der Waals surface area contributed by atoms with E-state index in [1.54, 1.807) is 20.8 Å². The largest absolute Gasteiger partial charge is 0.465 e. The lowest BCUT2D eigenvalue weighted by Gasteiger charge is -2.09. The van der Waals surface area contributed by atoms with E-state index in [-0.39, 0.29) is 12.5 Å². The van der Waals surface area contributed by atoms with Crippen LogP contribution in [0.5, 0.6) is 0 Å². The van der Waals surface area contributed by atoms with Crippen molar-refractivity contribution in [2.75, 3.05) is 11.9 Å². The number of ether oxygens (including phenoxy) is 1. The lowest BCUT2D eigenvalue weighted by atomic mass is 10.0. The Morgan fingerprint density at radius 1 is 1.08 bits per heavy atom. The molecule has 1 heterocycles. The number of hydrogen-bond donors (Lipinski definition) is 1. The highest BCUT2D eigenvalue weighted by atomic mass is 16.5. The molecule has 0 spiro atoms. The Morgan fingerprint density at radius 2 is 1.71 bits per heavy atom. The molecule has 0 bridgehead atoms. The Labute approximate surface area is 142 Å². The predicted molar refractivity (Wildman–Crippen MR) is 92.4 cm³/mol. The first-order valence-electron chi connectivity index (χ1n) is 7.93. The van der Waals surface area contributed by atoms with E-state index in [9.17, 15) is 9.59 Å². The molecule has 0 saturated heterocycles. The van der Waals surface area contributed by atoms with Crippen LogP contribution >= 0.6 is 0 Å². The van der Waals surface area contributed by atoms with Crippen LogP contribution in [0.25, 0.3) is 0 Å². The minimum absolute atomic E-state index is 0.339. The summed E-state index contributed by atoms with van der Waals surface area (Å²) < 4.78 is 10.5.